The van der Waals surface area contributed by atoms with E-state index in [4.69, 9.17) is 0 Å². The number of nitrogens with zero attached hydrogens (tertiary/aromatic N) is 4. The number of halogens is 1. The summed E-state index contributed by atoms with van der Waals surface area (Å²) >= 11 is 0. The molecule has 25 heavy (non-hydrogen) atoms. The van der Waals surface area contributed by atoms with Gasteiger partial charge in [-0.05, 0) is 13.0 Å². The van der Waals surface area contributed by atoms with Crippen LogP contribution in [-0.4, -0.2) is 41.3 Å². The zero-order valence-corrected chi connectivity index (χ0v) is 14.3. The first-order chi connectivity index (χ1) is 12.2. The Morgan fingerprint density at radius 1 is 0.960 bits per heavy atom. The minimum absolute atomic E-state index is 0.0713. The molecule has 0 radical (unpaired) electrons. The predicted octanol–water partition coefficient (Wildman–Crippen LogP) is 3.65. The summed E-state index contributed by atoms with van der Waals surface area (Å²) in [4.78, 5) is 4.60. The number of hydrogen-bond acceptors (Lipinski definition) is 4. The smallest absolute Gasteiger partial charge is 0.159 e. The van der Waals surface area contributed by atoms with E-state index in [1.54, 1.807) is 12.3 Å². The Morgan fingerprint density at radius 3 is 2.48 bits per heavy atom. The van der Waals surface area contributed by atoms with Crippen molar-refractivity contribution in [2.24, 2.45) is 0 Å². The highest BCUT2D eigenvalue weighted by Gasteiger charge is 2.25. The Labute approximate surface area is 146 Å². The minimum atomic E-state index is -0.127. The lowest BCUT2D eigenvalue weighted by molar-refractivity contribution is 0.195. The van der Waals surface area contributed by atoms with Gasteiger partial charge in [-0.3, -0.25) is 4.90 Å². The third-order valence-corrected chi connectivity index (χ3v) is 5.07. The van der Waals surface area contributed by atoms with E-state index in [2.05, 4.69) is 39.1 Å². The lowest BCUT2D eigenvalue weighted by Crippen LogP contribution is -2.47. The molecule has 2 heterocycles. The first-order valence-corrected chi connectivity index (χ1v) is 8.68. The third kappa shape index (κ3) is 3.07. The Hall–Kier alpha value is -2.53. The van der Waals surface area contributed by atoms with Gasteiger partial charge in [0, 0.05) is 48.6 Å². The second-order valence-electron chi connectivity index (χ2n) is 6.48. The van der Waals surface area contributed by atoms with Crippen LogP contribution in [0.2, 0.25) is 0 Å². The second-order valence-corrected chi connectivity index (χ2v) is 6.48. The molecule has 1 aliphatic rings. The van der Waals surface area contributed by atoms with Crippen LogP contribution in [0.3, 0.4) is 0 Å². The van der Waals surface area contributed by atoms with Crippen LogP contribution in [0.15, 0.2) is 54.7 Å². The van der Waals surface area contributed by atoms with E-state index in [9.17, 15) is 4.39 Å². The van der Waals surface area contributed by atoms with Gasteiger partial charge in [0.05, 0.1) is 6.20 Å². The van der Waals surface area contributed by atoms with E-state index >= 15 is 0 Å². The molecule has 1 fully saturated rings. The summed E-state index contributed by atoms with van der Waals surface area (Å²) in [5.41, 5.74) is 0.765. The molecule has 1 aliphatic heterocycles. The molecule has 0 N–H and O–H groups in total. The maximum absolute atomic E-state index is 14.1. The van der Waals surface area contributed by atoms with Crippen LogP contribution in [-0.2, 0) is 0 Å². The van der Waals surface area contributed by atoms with E-state index in [0.717, 1.165) is 48.3 Å². The second kappa shape index (κ2) is 6.76. The number of anilines is 1. The summed E-state index contributed by atoms with van der Waals surface area (Å²) in [5.74, 6) is 0.814. The molecule has 5 heteroatoms. The van der Waals surface area contributed by atoms with Crippen molar-refractivity contribution in [2.45, 2.75) is 13.0 Å². The zero-order chi connectivity index (χ0) is 17.2. The van der Waals surface area contributed by atoms with Crippen molar-refractivity contribution in [3.8, 4) is 0 Å². The number of benzene rings is 2. The molecule has 0 bridgehead atoms. The SMILES string of the molecule is C[C@H](c1ccccc1F)N1CCN(c2nncc3ccccc23)CC1. The van der Waals surface area contributed by atoms with Gasteiger partial charge >= 0.3 is 0 Å². The van der Waals surface area contributed by atoms with Gasteiger partial charge in [0.15, 0.2) is 5.82 Å². The molecule has 4 nitrogen and oxygen atoms in total. The average molecular weight is 336 g/mol. The van der Waals surface area contributed by atoms with E-state index in [1.807, 2.05) is 24.3 Å². The fraction of sp³-hybridized carbons (Fsp3) is 0.300. The summed E-state index contributed by atoms with van der Waals surface area (Å²) in [7, 11) is 0. The molecule has 2 aromatic carbocycles. The van der Waals surface area contributed by atoms with Gasteiger partial charge in [-0.15, -0.1) is 5.10 Å². The maximum Gasteiger partial charge on any atom is 0.159 e. The fourth-order valence-electron chi connectivity index (χ4n) is 3.58. The number of fused-ring (bicyclic) bond motifs is 1. The quantitative estimate of drug-likeness (QED) is 0.731. The first kappa shape index (κ1) is 16.0. The molecule has 4 rings (SSSR count). The van der Waals surface area contributed by atoms with Gasteiger partial charge in [-0.1, -0.05) is 42.5 Å². The molecule has 1 saturated heterocycles. The van der Waals surface area contributed by atoms with E-state index in [-0.39, 0.29) is 11.9 Å². The van der Waals surface area contributed by atoms with Crippen LogP contribution in [0.1, 0.15) is 18.5 Å². The first-order valence-electron chi connectivity index (χ1n) is 8.68. The van der Waals surface area contributed by atoms with Crippen molar-refractivity contribution in [1.29, 1.82) is 0 Å². The van der Waals surface area contributed by atoms with Crippen molar-refractivity contribution in [3.63, 3.8) is 0 Å². The highest BCUT2D eigenvalue weighted by Crippen LogP contribution is 2.27. The fourth-order valence-corrected chi connectivity index (χ4v) is 3.58. The summed E-state index contributed by atoms with van der Waals surface area (Å²) in [6.07, 6.45) is 1.80. The highest BCUT2D eigenvalue weighted by atomic mass is 19.1. The maximum atomic E-state index is 14.1. The molecule has 0 aliphatic carbocycles. The number of aromatic nitrogens is 2. The van der Waals surface area contributed by atoms with E-state index in [1.165, 1.54) is 6.07 Å². The summed E-state index contributed by atoms with van der Waals surface area (Å²) in [6.45, 7) is 5.55. The molecule has 0 unspecified atom stereocenters. The summed E-state index contributed by atoms with van der Waals surface area (Å²) in [5, 5.41) is 10.8. The Kier molecular flexibility index (Phi) is 4.32. The van der Waals surface area contributed by atoms with Crippen molar-refractivity contribution in [2.75, 3.05) is 31.1 Å². The van der Waals surface area contributed by atoms with E-state index < -0.39 is 0 Å². The van der Waals surface area contributed by atoms with Crippen LogP contribution >= 0.6 is 0 Å². The summed E-state index contributed by atoms with van der Waals surface area (Å²) in [6, 6.07) is 15.3. The Bertz CT molecular complexity index is 869. The molecule has 0 saturated carbocycles. The van der Waals surface area contributed by atoms with Crippen LogP contribution < -0.4 is 4.90 Å². The van der Waals surface area contributed by atoms with E-state index in [0.29, 0.717) is 0 Å². The molecule has 0 spiro atoms. The zero-order valence-electron chi connectivity index (χ0n) is 14.3. The van der Waals surface area contributed by atoms with Crippen LogP contribution in [0.25, 0.3) is 10.8 Å². The largest absolute Gasteiger partial charge is 0.352 e. The van der Waals surface area contributed by atoms with Gasteiger partial charge < -0.3 is 4.90 Å². The van der Waals surface area contributed by atoms with Gasteiger partial charge in [0.25, 0.3) is 0 Å². The Balaban J connectivity index is 1.51. The highest BCUT2D eigenvalue weighted by molar-refractivity contribution is 5.91. The molecular formula is C20H21FN4. The Morgan fingerprint density at radius 2 is 1.68 bits per heavy atom. The standard InChI is InChI=1S/C20H21FN4/c1-15(17-7-4-5-9-19(17)21)24-10-12-25(13-11-24)20-18-8-3-2-6-16(18)14-22-23-20/h2-9,14-15H,10-13H2,1H3/t15-/m1/s1. The predicted molar refractivity (Wildman–Crippen MR) is 98.1 cm³/mol. The van der Waals surface area contributed by atoms with Crippen LogP contribution in [0, 0.1) is 5.82 Å². The molecule has 3 aromatic rings. The number of piperazine rings is 1. The number of hydrogen-bond donors (Lipinski definition) is 0. The van der Waals surface area contributed by atoms with Gasteiger partial charge in [0.2, 0.25) is 0 Å². The summed E-state index contributed by atoms with van der Waals surface area (Å²) < 4.78 is 14.1. The van der Waals surface area contributed by atoms with Crippen LogP contribution in [0.5, 0.6) is 0 Å². The molecule has 1 aromatic heterocycles. The van der Waals surface area contributed by atoms with Crippen LogP contribution in [0.4, 0.5) is 10.2 Å². The molecule has 128 valence electrons. The van der Waals surface area contributed by atoms with Crippen molar-refractivity contribution in [1.82, 2.24) is 15.1 Å². The topological polar surface area (TPSA) is 32.3 Å². The van der Waals surface area contributed by atoms with Gasteiger partial charge in [0.1, 0.15) is 5.82 Å². The normalized spacial score (nSPS) is 17.0. The van der Waals surface area contributed by atoms with Crippen molar-refractivity contribution < 1.29 is 4.39 Å². The number of rotatable bonds is 3. The monoisotopic (exact) mass is 336 g/mol. The lowest BCUT2D eigenvalue weighted by atomic mass is 10.1. The average Bonchev–Trinajstić information content (AvgIpc) is 2.67. The lowest BCUT2D eigenvalue weighted by Gasteiger charge is -2.38. The molecule has 0 amide bonds. The molecular weight excluding hydrogens is 315 g/mol. The third-order valence-electron chi connectivity index (χ3n) is 5.07. The van der Waals surface area contributed by atoms with Gasteiger partial charge in [-0.25, -0.2) is 4.39 Å². The van der Waals surface area contributed by atoms with Gasteiger partial charge in [-0.2, -0.15) is 5.10 Å². The van der Waals surface area contributed by atoms with Crippen molar-refractivity contribution in [3.05, 3.63) is 66.1 Å². The van der Waals surface area contributed by atoms with Crippen molar-refractivity contribution >= 4 is 16.6 Å². The molecule has 1 atom stereocenters. The minimum Gasteiger partial charge on any atom is -0.352 e.